The molecule has 5 heteroatoms. The molecule has 21 heavy (non-hydrogen) atoms. The second kappa shape index (κ2) is 8.77. The van der Waals surface area contributed by atoms with Crippen LogP contribution >= 0.6 is 0 Å². The second-order valence-electron chi connectivity index (χ2n) is 5.33. The molecule has 0 bridgehead atoms. The van der Waals surface area contributed by atoms with E-state index in [1.165, 1.54) is 0 Å². The first-order valence-electron chi connectivity index (χ1n) is 7.59. The Bertz CT molecular complexity index is 428. The maximum atomic E-state index is 12.0. The molecule has 0 unspecified atom stereocenters. The van der Waals surface area contributed by atoms with Crippen LogP contribution in [0, 0.1) is 0 Å². The van der Waals surface area contributed by atoms with Crippen LogP contribution in [0.3, 0.4) is 0 Å². The molecule has 1 heterocycles. The number of benzene rings is 1. The van der Waals surface area contributed by atoms with Crippen molar-refractivity contribution in [3.05, 3.63) is 35.4 Å². The van der Waals surface area contributed by atoms with E-state index >= 15 is 0 Å². The number of carbonyl (C=O) groups excluding carboxylic acids is 1. The summed E-state index contributed by atoms with van der Waals surface area (Å²) >= 11 is 0. The summed E-state index contributed by atoms with van der Waals surface area (Å²) in [5, 5.41) is 6.32. The number of ether oxygens (including phenoxy) is 1. The van der Waals surface area contributed by atoms with E-state index in [9.17, 15) is 4.79 Å². The highest BCUT2D eigenvalue weighted by Crippen LogP contribution is 2.05. The first kappa shape index (κ1) is 15.9. The van der Waals surface area contributed by atoms with E-state index in [1.54, 1.807) is 7.11 Å². The number of carbonyl (C=O) groups is 1. The predicted octanol–water partition coefficient (Wildman–Crippen LogP) is 0.858. The van der Waals surface area contributed by atoms with Gasteiger partial charge in [0, 0.05) is 45.4 Å². The quantitative estimate of drug-likeness (QED) is 0.732. The van der Waals surface area contributed by atoms with Crippen LogP contribution in [0.4, 0.5) is 0 Å². The molecule has 1 aliphatic heterocycles. The van der Waals surface area contributed by atoms with Crippen molar-refractivity contribution in [2.75, 3.05) is 46.4 Å². The van der Waals surface area contributed by atoms with Gasteiger partial charge in [0.2, 0.25) is 0 Å². The zero-order valence-corrected chi connectivity index (χ0v) is 12.7. The zero-order valence-electron chi connectivity index (χ0n) is 12.7. The number of rotatable bonds is 7. The molecule has 0 radical (unpaired) electrons. The summed E-state index contributed by atoms with van der Waals surface area (Å²) in [6.45, 7) is 6.70. The average molecular weight is 291 g/mol. The summed E-state index contributed by atoms with van der Waals surface area (Å²) in [4.78, 5) is 14.4. The first-order valence-corrected chi connectivity index (χ1v) is 7.59. The number of nitrogens with zero attached hydrogens (tertiary/aromatic N) is 1. The lowest BCUT2D eigenvalue weighted by Gasteiger charge is -2.27. The highest BCUT2D eigenvalue weighted by Gasteiger charge is 2.09. The Morgan fingerprint density at radius 1 is 1.29 bits per heavy atom. The van der Waals surface area contributed by atoms with Gasteiger partial charge in [-0.05, 0) is 30.7 Å². The first-order chi connectivity index (χ1) is 10.3. The second-order valence-corrected chi connectivity index (χ2v) is 5.33. The molecule has 0 spiro atoms. The summed E-state index contributed by atoms with van der Waals surface area (Å²) in [6.07, 6.45) is 0.994. The molecule has 1 amide bonds. The highest BCUT2D eigenvalue weighted by atomic mass is 16.5. The van der Waals surface area contributed by atoms with Crippen molar-refractivity contribution < 1.29 is 9.53 Å². The van der Waals surface area contributed by atoms with Gasteiger partial charge < -0.3 is 20.3 Å². The summed E-state index contributed by atoms with van der Waals surface area (Å²) in [6, 6.07) is 7.55. The molecule has 0 atom stereocenters. The van der Waals surface area contributed by atoms with Crippen molar-refractivity contribution in [1.29, 1.82) is 0 Å². The van der Waals surface area contributed by atoms with Gasteiger partial charge in [-0.3, -0.25) is 4.79 Å². The normalized spacial score (nSPS) is 15.9. The lowest BCUT2D eigenvalue weighted by atomic mass is 10.1. The summed E-state index contributed by atoms with van der Waals surface area (Å²) in [5.41, 5.74) is 1.78. The van der Waals surface area contributed by atoms with E-state index in [0.717, 1.165) is 51.3 Å². The molecule has 1 aliphatic rings. The Morgan fingerprint density at radius 2 is 2.00 bits per heavy atom. The van der Waals surface area contributed by atoms with Crippen LogP contribution in [-0.4, -0.2) is 57.2 Å². The maximum absolute atomic E-state index is 12.0. The van der Waals surface area contributed by atoms with Gasteiger partial charge >= 0.3 is 0 Å². The Kier molecular flexibility index (Phi) is 6.66. The fourth-order valence-corrected chi connectivity index (χ4v) is 2.46. The summed E-state index contributed by atoms with van der Waals surface area (Å²) < 4.78 is 5.06. The van der Waals surface area contributed by atoms with Crippen molar-refractivity contribution in [1.82, 2.24) is 15.5 Å². The number of hydrogen-bond donors (Lipinski definition) is 2. The zero-order chi connectivity index (χ0) is 14.9. The Labute approximate surface area is 126 Å². The van der Waals surface area contributed by atoms with Gasteiger partial charge in [0.25, 0.3) is 5.91 Å². The maximum Gasteiger partial charge on any atom is 0.251 e. The van der Waals surface area contributed by atoms with Crippen LogP contribution in [0.15, 0.2) is 24.3 Å². The molecule has 0 aromatic heterocycles. The third-order valence-corrected chi connectivity index (χ3v) is 3.67. The van der Waals surface area contributed by atoms with Gasteiger partial charge in [0.1, 0.15) is 0 Å². The Hall–Kier alpha value is -1.43. The topological polar surface area (TPSA) is 53.6 Å². The molecule has 2 N–H and O–H groups in total. The lowest BCUT2D eigenvalue weighted by Crippen LogP contribution is -2.44. The summed E-state index contributed by atoms with van der Waals surface area (Å²) in [7, 11) is 1.67. The Morgan fingerprint density at radius 3 is 2.67 bits per heavy atom. The predicted molar refractivity (Wildman–Crippen MR) is 83.4 cm³/mol. The fraction of sp³-hybridized carbons (Fsp3) is 0.562. The standard InChI is InChI=1S/C16H25N3O2/c1-21-13-14-3-5-15(6-4-14)16(20)18-7-2-10-19-11-8-17-9-12-19/h3-6,17H,2,7-13H2,1H3,(H,18,20). The van der Waals surface area contributed by atoms with Gasteiger partial charge in [0.15, 0.2) is 0 Å². The minimum atomic E-state index is -0.000669. The smallest absolute Gasteiger partial charge is 0.251 e. The van der Waals surface area contributed by atoms with E-state index < -0.39 is 0 Å². The van der Waals surface area contributed by atoms with Gasteiger partial charge in [-0.15, -0.1) is 0 Å². The van der Waals surface area contributed by atoms with E-state index in [-0.39, 0.29) is 5.91 Å². The molecule has 0 saturated carbocycles. The molecule has 1 fully saturated rings. The monoisotopic (exact) mass is 291 g/mol. The molecular weight excluding hydrogens is 266 g/mol. The molecule has 5 nitrogen and oxygen atoms in total. The summed E-state index contributed by atoms with van der Waals surface area (Å²) in [5.74, 6) is -0.000669. The molecule has 116 valence electrons. The Balaban J connectivity index is 1.66. The van der Waals surface area contributed by atoms with Crippen LogP contribution in [0.1, 0.15) is 22.3 Å². The minimum absolute atomic E-state index is 0.000669. The number of hydrogen-bond acceptors (Lipinski definition) is 4. The van der Waals surface area contributed by atoms with Crippen molar-refractivity contribution in [3.63, 3.8) is 0 Å². The number of amides is 1. The van der Waals surface area contributed by atoms with E-state index in [2.05, 4.69) is 15.5 Å². The van der Waals surface area contributed by atoms with Crippen LogP contribution in [0.2, 0.25) is 0 Å². The third-order valence-electron chi connectivity index (χ3n) is 3.67. The average Bonchev–Trinajstić information content (AvgIpc) is 2.53. The largest absolute Gasteiger partial charge is 0.380 e. The van der Waals surface area contributed by atoms with Gasteiger partial charge in [-0.1, -0.05) is 12.1 Å². The number of piperazine rings is 1. The molecule has 1 aromatic rings. The van der Waals surface area contributed by atoms with Crippen molar-refractivity contribution in [2.45, 2.75) is 13.0 Å². The SMILES string of the molecule is COCc1ccc(C(=O)NCCCN2CCNCC2)cc1. The van der Waals surface area contributed by atoms with Crippen molar-refractivity contribution in [3.8, 4) is 0 Å². The van der Waals surface area contributed by atoms with Crippen molar-refractivity contribution >= 4 is 5.91 Å². The highest BCUT2D eigenvalue weighted by molar-refractivity contribution is 5.94. The van der Waals surface area contributed by atoms with E-state index in [4.69, 9.17) is 4.74 Å². The fourth-order valence-electron chi connectivity index (χ4n) is 2.46. The molecule has 0 aliphatic carbocycles. The minimum Gasteiger partial charge on any atom is -0.380 e. The molecule has 1 saturated heterocycles. The molecule has 2 rings (SSSR count). The molecule has 1 aromatic carbocycles. The number of methoxy groups -OCH3 is 1. The van der Waals surface area contributed by atoms with Crippen LogP contribution in [0.25, 0.3) is 0 Å². The van der Waals surface area contributed by atoms with E-state index in [0.29, 0.717) is 12.2 Å². The molecular formula is C16H25N3O2. The van der Waals surface area contributed by atoms with Crippen LogP contribution in [-0.2, 0) is 11.3 Å². The van der Waals surface area contributed by atoms with Gasteiger partial charge in [-0.2, -0.15) is 0 Å². The lowest BCUT2D eigenvalue weighted by molar-refractivity contribution is 0.0951. The van der Waals surface area contributed by atoms with Gasteiger partial charge in [0.05, 0.1) is 6.61 Å². The van der Waals surface area contributed by atoms with Crippen LogP contribution in [0.5, 0.6) is 0 Å². The van der Waals surface area contributed by atoms with Crippen LogP contribution < -0.4 is 10.6 Å². The van der Waals surface area contributed by atoms with Crippen molar-refractivity contribution in [2.24, 2.45) is 0 Å². The van der Waals surface area contributed by atoms with Gasteiger partial charge in [-0.25, -0.2) is 0 Å². The third kappa shape index (κ3) is 5.46. The van der Waals surface area contributed by atoms with E-state index in [1.807, 2.05) is 24.3 Å². The number of nitrogens with one attached hydrogen (secondary N) is 2.